The highest BCUT2D eigenvalue weighted by molar-refractivity contribution is 5.47. The van der Waals surface area contributed by atoms with Crippen molar-refractivity contribution >= 4 is 11.6 Å². The van der Waals surface area contributed by atoms with Gasteiger partial charge in [0.25, 0.3) is 0 Å². The number of hydrogen-bond donors (Lipinski definition) is 1. The fraction of sp³-hybridized carbons (Fsp3) is 0.400. The van der Waals surface area contributed by atoms with Crippen LogP contribution in [0.2, 0.25) is 0 Å². The van der Waals surface area contributed by atoms with Gasteiger partial charge < -0.3 is 10.2 Å². The van der Waals surface area contributed by atoms with Crippen LogP contribution in [-0.4, -0.2) is 35.1 Å². The van der Waals surface area contributed by atoms with Crippen LogP contribution >= 0.6 is 0 Å². The van der Waals surface area contributed by atoms with Crippen molar-refractivity contribution in [2.75, 3.05) is 30.4 Å². The largest absolute Gasteiger partial charge is 0.370 e. The van der Waals surface area contributed by atoms with Crippen molar-refractivity contribution in [3.63, 3.8) is 0 Å². The minimum Gasteiger partial charge on any atom is -0.370 e. The van der Waals surface area contributed by atoms with Gasteiger partial charge in [0.15, 0.2) is 0 Å². The smallest absolute Gasteiger partial charge is 0.133 e. The van der Waals surface area contributed by atoms with Gasteiger partial charge >= 0.3 is 0 Å². The highest BCUT2D eigenvalue weighted by Crippen LogP contribution is 2.13. The highest BCUT2D eigenvalue weighted by Gasteiger charge is 2.04. The van der Waals surface area contributed by atoms with E-state index in [-0.39, 0.29) is 0 Å². The van der Waals surface area contributed by atoms with Gasteiger partial charge in [-0.2, -0.15) is 0 Å². The van der Waals surface area contributed by atoms with Crippen molar-refractivity contribution in [1.82, 2.24) is 15.0 Å². The number of nitrogens with zero attached hydrogens (tertiary/aromatic N) is 4. The van der Waals surface area contributed by atoms with Crippen LogP contribution in [-0.2, 0) is 6.42 Å². The summed E-state index contributed by atoms with van der Waals surface area (Å²) in [6.07, 6.45) is 7.31. The van der Waals surface area contributed by atoms with Gasteiger partial charge in [0, 0.05) is 38.6 Å². The Morgan fingerprint density at radius 2 is 2.00 bits per heavy atom. The first-order valence-corrected chi connectivity index (χ1v) is 6.95. The van der Waals surface area contributed by atoms with Gasteiger partial charge in [-0.15, -0.1) is 0 Å². The number of nitrogens with one attached hydrogen (secondary N) is 1. The predicted octanol–water partition coefficient (Wildman–Crippen LogP) is 2.37. The lowest BCUT2D eigenvalue weighted by molar-refractivity contribution is 0.853. The van der Waals surface area contributed by atoms with Crippen LogP contribution in [0.1, 0.15) is 18.9 Å². The highest BCUT2D eigenvalue weighted by atomic mass is 15.2. The zero-order chi connectivity index (χ0) is 14.2. The third-order valence-corrected chi connectivity index (χ3v) is 3.09. The van der Waals surface area contributed by atoms with Gasteiger partial charge in [-0.05, 0) is 30.5 Å². The second-order valence-corrected chi connectivity index (χ2v) is 4.72. The van der Waals surface area contributed by atoms with Gasteiger partial charge in [-0.3, -0.25) is 4.98 Å². The van der Waals surface area contributed by atoms with Crippen LogP contribution in [0.15, 0.2) is 36.9 Å². The predicted molar refractivity (Wildman–Crippen MR) is 82.0 cm³/mol. The van der Waals surface area contributed by atoms with Crippen molar-refractivity contribution < 1.29 is 0 Å². The van der Waals surface area contributed by atoms with E-state index in [0.717, 1.165) is 37.6 Å². The maximum atomic E-state index is 4.32. The van der Waals surface area contributed by atoms with Crippen molar-refractivity contribution in [2.45, 2.75) is 19.8 Å². The number of likely N-dealkylation sites (N-methyl/N-ethyl adjacent to an activating group) is 1. The van der Waals surface area contributed by atoms with Crippen LogP contribution in [0, 0.1) is 0 Å². The van der Waals surface area contributed by atoms with E-state index in [4.69, 9.17) is 0 Å². The fourth-order valence-electron chi connectivity index (χ4n) is 1.87. The van der Waals surface area contributed by atoms with E-state index in [2.05, 4.69) is 32.1 Å². The SMILES string of the molecule is CCCNc1cc(N(C)CCc2ccncc2)ncn1. The number of pyridine rings is 1. The summed E-state index contributed by atoms with van der Waals surface area (Å²) in [5.74, 6) is 1.82. The summed E-state index contributed by atoms with van der Waals surface area (Å²) in [6.45, 7) is 3.97. The molecule has 0 amide bonds. The first-order valence-electron chi connectivity index (χ1n) is 6.95. The summed E-state index contributed by atoms with van der Waals surface area (Å²) < 4.78 is 0. The van der Waals surface area contributed by atoms with Gasteiger partial charge in [0.1, 0.15) is 18.0 Å². The van der Waals surface area contributed by atoms with Crippen LogP contribution in [0.5, 0.6) is 0 Å². The third kappa shape index (κ3) is 4.19. The molecule has 2 rings (SSSR count). The lowest BCUT2D eigenvalue weighted by Crippen LogP contribution is -2.21. The Hall–Kier alpha value is -2.17. The fourth-order valence-corrected chi connectivity index (χ4v) is 1.87. The molecule has 106 valence electrons. The van der Waals surface area contributed by atoms with Gasteiger partial charge in [0.05, 0.1) is 0 Å². The van der Waals surface area contributed by atoms with E-state index in [1.165, 1.54) is 5.56 Å². The van der Waals surface area contributed by atoms with E-state index in [0.29, 0.717) is 0 Å². The van der Waals surface area contributed by atoms with E-state index >= 15 is 0 Å². The van der Waals surface area contributed by atoms with Crippen molar-refractivity contribution in [3.05, 3.63) is 42.5 Å². The van der Waals surface area contributed by atoms with Crippen molar-refractivity contribution in [1.29, 1.82) is 0 Å². The molecule has 0 bridgehead atoms. The second kappa shape index (κ2) is 7.43. The standard InChI is InChI=1S/C15H21N5/c1-3-7-17-14-11-15(19-12-18-14)20(2)10-6-13-4-8-16-9-5-13/h4-5,8-9,11-12H,3,6-7,10H2,1-2H3,(H,17,18,19). The van der Waals surface area contributed by atoms with Gasteiger partial charge in [0.2, 0.25) is 0 Å². The molecule has 0 aliphatic carbocycles. The van der Waals surface area contributed by atoms with E-state index in [1.54, 1.807) is 6.33 Å². The first-order chi connectivity index (χ1) is 9.79. The molecule has 0 saturated heterocycles. The van der Waals surface area contributed by atoms with Crippen LogP contribution in [0.25, 0.3) is 0 Å². The summed E-state index contributed by atoms with van der Waals surface area (Å²) >= 11 is 0. The Labute approximate surface area is 120 Å². The third-order valence-electron chi connectivity index (χ3n) is 3.09. The summed E-state index contributed by atoms with van der Waals surface area (Å²) in [5.41, 5.74) is 1.28. The molecule has 0 fully saturated rings. The molecule has 2 heterocycles. The lowest BCUT2D eigenvalue weighted by Gasteiger charge is -2.18. The Kier molecular flexibility index (Phi) is 5.29. The first kappa shape index (κ1) is 14.2. The average Bonchev–Trinajstić information content (AvgIpc) is 2.52. The molecule has 0 radical (unpaired) electrons. The number of rotatable bonds is 7. The molecule has 5 heteroatoms. The Morgan fingerprint density at radius 1 is 1.20 bits per heavy atom. The molecule has 0 atom stereocenters. The summed E-state index contributed by atoms with van der Waals surface area (Å²) in [7, 11) is 2.05. The Morgan fingerprint density at radius 3 is 2.75 bits per heavy atom. The van der Waals surface area contributed by atoms with Crippen LogP contribution in [0.3, 0.4) is 0 Å². The maximum absolute atomic E-state index is 4.32. The normalized spacial score (nSPS) is 10.3. The topological polar surface area (TPSA) is 53.9 Å². The quantitative estimate of drug-likeness (QED) is 0.838. The molecule has 5 nitrogen and oxygen atoms in total. The van der Waals surface area contributed by atoms with E-state index < -0.39 is 0 Å². The molecule has 0 aromatic carbocycles. The summed E-state index contributed by atoms with van der Waals surface area (Å²) in [4.78, 5) is 14.7. The second-order valence-electron chi connectivity index (χ2n) is 4.72. The van der Waals surface area contributed by atoms with E-state index in [9.17, 15) is 0 Å². The molecule has 20 heavy (non-hydrogen) atoms. The number of anilines is 2. The molecule has 0 aliphatic heterocycles. The lowest BCUT2D eigenvalue weighted by atomic mass is 10.2. The summed E-state index contributed by atoms with van der Waals surface area (Å²) in [5, 5.41) is 3.28. The molecule has 1 N–H and O–H groups in total. The molecule has 0 saturated carbocycles. The summed E-state index contributed by atoms with van der Waals surface area (Å²) in [6, 6.07) is 6.08. The molecule has 0 aliphatic rings. The van der Waals surface area contributed by atoms with Gasteiger partial charge in [-0.25, -0.2) is 9.97 Å². The molecule has 2 aromatic heterocycles. The monoisotopic (exact) mass is 271 g/mol. The molecule has 2 aromatic rings. The van der Waals surface area contributed by atoms with E-state index in [1.807, 2.05) is 37.6 Å². The van der Waals surface area contributed by atoms with Crippen LogP contribution < -0.4 is 10.2 Å². The molecular weight excluding hydrogens is 250 g/mol. The zero-order valence-electron chi connectivity index (χ0n) is 12.1. The zero-order valence-corrected chi connectivity index (χ0v) is 12.1. The Bertz CT molecular complexity index is 515. The molecular formula is C15H21N5. The minimum absolute atomic E-state index is 0.882. The Balaban J connectivity index is 1.93. The maximum Gasteiger partial charge on any atom is 0.133 e. The number of hydrogen-bond acceptors (Lipinski definition) is 5. The van der Waals surface area contributed by atoms with Crippen LogP contribution in [0.4, 0.5) is 11.6 Å². The van der Waals surface area contributed by atoms with Crippen molar-refractivity contribution in [2.24, 2.45) is 0 Å². The van der Waals surface area contributed by atoms with Crippen molar-refractivity contribution in [3.8, 4) is 0 Å². The molecule has 0 spiro atoms. The van der Waals surface area contributed by atoms with Gasteiger partial charge in [-0.1, -0.05) is 6.92 Å². The molecule has 0 unspecified atom stereocenters. The minimum atomic E-state index is 0.882. The number of aromatic nitrogens is 3. The average molecular weight is 271 g/mol.